The molecule has 0 bridgehead atoms. The quantitative estimate of drug-likeness (QED) is 0.0472. The number of hydrogen-bond donors (Lipinski definition) is 0. The lowest BCUT2D eigenvalue weighted by Crippen LogP contribution is -2.02. The van der Waals surface area contributed by atoms with Gasteiger partial charge in [-0.05, 0) is 54.5 Å². The second-order valence-electron chi connectivity index (χ2n) is 7.17. The van der Waals surface area contributed by atoms with Crippen LogP contribution < -0.4 is 0 Å². The van der Waals surface area contributed by atoms with Gasteiger partial charge >= 0.3 is 0 Å². The Kier molecular flexibility index (Phi) is 29.0. The Balaban J connectivity index is 3.02. The highest BCUT2D eigenvalue weighted by molar-refractivity contribution is 6.22. The second-order valence-corrected chi connectivity index (χ2v) is 8.30. The predicted molar refractivity (Wildman–Crippen MR) is 115 cm³/mol. The summed E-state index contributed by atoms with van der Waals surface area (Å²) in [6.45, 7) is 0.365. The van der Waals surface area contributed by atoms with Crippen molar-refractivity contribution in [1.82, 2.24) is 0 Å². The summed E-state index contributed by atoms with van der Waals surface area (Å²) in [6.07, 6.45) is 19.5. The van der Waals surface area contributed by atoms with E-state index in [1.807, 2.05) is 0 Å². The second kappa shape index (κ2) is 28.5. The number of unbranched alkanes of at least 4 members (excludes halogenated alkanes) is 13. The molecule has 0 aliphatic heterocycles. The zero-order valence-electron chi connectivity index (χ0n) is 18.1. The molecule has 0 aromatic rings. The molecule has 0 heterocycles. The molecule has 188 valence electrons. The van der Waals surface area contributed by atoms with Gasteiger partial charge in [0.1, 0.15) is 11.9 Å². The van der Waals surface area contributed by atoms with Gasteiger partial charge in [-0.1, -0.05) is 87.9 Å². The third-order valence-electron chi connectivity index (χ3n) is 4.66. The van der Waals surface area contributed by atoms with Crippen molar-refractivity contribution in [2.75, 3.05) is 12.5 Å². The van der Waals surface area contributed by atoms with Crippen molar-refractivity contribution in [3.63, 3.8) is 0 Å². The van der Waals surface area contributed by atoms with Crippen molar-refractivity contribution in [3.05, 3.63) is 0 Å². The summed E-state index contributed by atoms with van der Waals surface area (Å²) in [7, 11) is 0. The highest BCUT2D eigenvalue weighted by atomic mass is 35.5. The molecular weight excluding hydrogens is 479 g/mol. The van der Waals surface area contributed by atoms with Crippen molar-refractivity contribution in [3.8, 4) is 0 Å². The largest absolute Gasteiger partial charge is 0.204 e. The molecule has 0 N–H and O–H groups in total. The molecule has 0 aliphatic carbocycles. The first kappa shape index (κ1) is 31.5. The summed E-state index contributed by atoms with van der Waals surface area (Å²) in [5, 5.41) is 27.0. The van der Waals surface area contributed by atoms with Crippen molar-refractivity contribution < 1.29 is 44.6 Å². The monoisotopic (exact) mass is 514 g/mol. The van der Waals surface area contributed by atoms with Gasteiger partial charge in [-0.2, -0.15) is 0 Å². The highest BCUT2D eigenvalue weighted by Gasteiger charge is 2.02. The standard InChI is InChI=1S/C19H37Cl3O9/c20-17-16-19(21)15-13-11-9-7-5-3-1-2-4-6-8-10-12-14-18-23-25-27-29-31-30-28-26-24-22/h19H,1-18H2. The third kappa shape index (κ3) is 28.5. The average molecular weight is 516 g/mol. The summed E-state index contributed by atoms with van der Waals surface area (Å²) in [6, 6.07) is 0. The van der Waals surface area contributed by atoms with Gasteiger partial charge in [-0.15, -0.1) is 23.2 Å². The topological polar surface area (TPSA) is 83.1 Å². The third-order valence-corrected chi connectivity index (χ3v) is 5.36. The first-order chi connectivity index (χ1) is 15.3. The van der Waals surface area contributed by atoms with E-state index >= 15 is 0 Å². The summed E-state index contributed by atoms with van der Waals surface area (Å²) < 4.78 is 3.49. The van der Waals surface area contributed by atoms with Gasteiger partial charge < -0.3 is 0 Å². The molecule has 0 spiro atoms. The van der Waals surface area contributed by atoms with Crippen LogP contribution in [-0.4, -0.2) is 17.9 Å². The minimum Gasteiger partial charge on any atom is -0.204 e. The molecule has 9 nitrogen and oxygen atoms in total. The van der Waals surface area contributed by atoms with E-state index in [2.05, 4.69) is 56.5 Å². The molecule has 0 radical (unpaired) electrons. The first-order valence-electron chi connectivity index (χ1n) is 11.1. The lowest BCUT2D eigenvalue weighted by Gasteiger charge is -2.07. The molecule has 1 unspecified atom stereocenters. The van der Waals surface area contributed by atoms with E-state index in [0.717, 1.165) is 25.7 Å². The Morgan fingerprint density at radius 3 is 1.39 bits per heavy atom. The Morgan fingerprint density at radius 2 is 0.903 bits per heavy atom. The maximum absolute atomic E-state index is 6.16. The average Bonchev–Trinajstić information content (AvgIpc) is 2.77. The van der Waals surface area contributed by atoms with Gasteiger partial charge in [0.05, 0.1) is 6.61 Å². The fourth-order valence-electron chi connectivity index (χ4n) is 3.03. The summed E-state index contributed by atoms with van der Waals surface area (Å²) in [5.74, 6) is 0.667. The molecule has 0 aromatic heterocycles. The van der Waals surface area contributed by atoms with Gasteiger partial charge in [0.15, 0.2) is 0 Å². The molecule has 31 heavy (non-hydrogen) atoms. The molecule has 1 atom stereocenters. The minimum absolute atomic E-state index is 0.261. The predicted octanol–water partition coefficient (Wildman–Crippen LogP) is 7.70. The van der Waals surface area contributed by atoms with Crippen LogP contribution in [0.15, 0.2) is 0 Å². The van der Waals surface area contributed by atoms with Crippen LogP contribution in [0.3, 0.4) is 0 Å². The van der Waals surface area contributed by atoms with Gasteiger partial charge in [-0.25, -0.2) is 4.89 Å². The summed E-state index contributed by atoms with van der Waals surface area (Å²) >= 11 is 16.5. The van der Waals surface area contributed by atoms with Crippen LogP contribution in [0.25, 0.3) is 0 Å². The highest BCUT2D eigenvalue weighted by Crippen LogP contribution is 2.16. The fraction of sp³-hybridized carbons (Fsp3) is 1.00. The van der Waals surface area contributed by atoms with Crippen LogP contribution >= 0.6 is 35.1 Å². The molecule has 0 aromatic carbocycles. The first-order valence-corrected chi connectivity index (χ1v) is 12.4. The SMILES string of the molecule is ClCCC(Cl)CCCCCCCCCCCCCCCCOOOOOOOOOCl. The molecule has 12 heteroatoms. The van der Waals surface area contributed by atoms with E-state index in [1.54, 1.807) is 0 Å². The molecule has 0 saturated heterocycles. The lowest BCUT2D eigenvalue weighted by atomic mass is 10.0. The molecule has 0 amide bonds. The van der Waals surface area contributed by atoms with E-state index in [4.69, 9.17) is 23.2 Å². The van der Waals surface area contributed by atoms with Crippen LogP contribution in [0.1, 0.15) is 103 Å². The van der Waals surface area contributed by atoms with Gasteiger partial charge in [0.2, 0.25) is 0 Å². The van der Waals surface area contributed by atoms with Crippen molar-refractivity contribution >= 4 is 35.1 Å². The smallest absolute Gasteiger partial charge is 0.103 e. The normalized spacial score (nSPS) is 12.5. The van der Waals surface area contributed by atoms with E-state index < -0.39 is 0 Å². The Morgan fingerprint density at radius 1 is 0.484 bits per heavy atom. The Bertz CT molecular complexity index is 334. The zero-order chi connectivity index (χ0) is 22.7. The Hall–Kier alpha value is 0.510. The van der Waals surface area contributed by atoms with Crippen LogP contribution in [0.2, 0.25) is 0 Å². The number of rotatable bonds is 27. The molecule has 0 saturated carbocycles. The van der Waals surface area contributed by atoms with E-state index in [1.165, 1.54) is 77.0 Å². The zero-order valence-corrected chi connectivity index (χ0v) is 20.4. The number of alkyl halides is 2. The van der Waals surface area contributed by atoms with Gasteiger partial charge in [-0.3, -0.25) is 0 Å². The number of halogens is 3. The van der Waals surface area contributed by atoms with Crippen LogP contribution in [-0.2, 0) is 44.6 Å². The van der Waals surface area contributed by atoms with Gasteiger partial charge in [0, 0.05) is 11.3 Å². The summed E-state index contributed by atoms with van der Waals surface area (Å²) in [5.41, 5.74) is 0. The van der Waals surface area contributed by atoms with Crippen molar-refractivity contribution in [2.45, 2.75) is 108 Å². The Labute approximate surface area is 200 Å². The summed E-state index contributed by atoms with van der Waals surface area (Å²) in [4.78, 5) is 4.68. The van der Waals surface area contributed by atoms with E-state index in [0.29, 0.717) is 12.5 Å². The lowest BCUT2D eigenvalue weighted by molar-refractivity contribution is -0.827. The molecule has 0 rings (SSSR count). The molecular formula is C19H37Cl3O9. The van der Waals surface area contributed by atoms with E-state index in [9.17, 15) is 0 Å². The van der Waals surface area contributed by atoms with Crippen LogP contribution in [0.4, 0.5) is 0 Å². The van der Waals surface area contributed by atoms with Crippen LogP contribution in [0, 0.1) is 0 Å². The molecule has 0 fully saturated rings. The van der Waals surface area contributed by atoms with E-state index in [-0.39, 0.29) is 5.38 Å². The fourth-order valence-corrected chi connectivity index (χ4v) is 3.69. The van der Waals surface area contributed by atoms with Crippen molar-refractivity contribution in [2.24, 2.45) is 0 Å². The van der Waals surface area contributed by atoms with Gasteiger partial charge in [0.25, 0.3) is 0 Å². The number of hydrogen-bond acceptors (Lipinski definition) is 9. The maximum atomic E-state index is 6.16. The molecule has 0 aliphatic rings. The minimum atomic E-state index is 0.261. The maximum Gasteiger partial charge on any atom is 0.103 e. The van der Waals surface area contributed by atoms with Crippen LogP contribution in [0.5, 0.6) is 0 Å². The van der Waals surface area contributed by atoms with Crippen molar-refractivity contribution in [1.29, 1.82) is 0 Å².